The van der Waals surface area contributed by atoms with Crippen molar-refractivity contribution in [2.75, 3.05) is 0 Å². The maximum atomic E-state index is 6.16. The Kier molecular flexibility index (Phi) is 2.38. The number of nitrogens with zero attached hydrogens (tertiary/aromatic N) is 4. The summed E-state index contributed by atoms with van der Waals surface area (Å²) < 4.78 is 1.87. The van der Waals surface area contributed by atoms with E-state index in [-0.39, 0.29) is 0 Å². The summed E-state index contributed by atoms with van der Waals surface area (Å²) in [5, 5.41) is 1.39. The molecule has 0 aliphatic rings. The van der Waals surface area contributed by atoms with Gasteiger partial charge >= 0.3 is 0 Å². The molecule has 3 heterocycles. The van der Waals surface area contributed by atoms with Crippen LogP contribution in [0.25, 0.3) is 21.9 Å². The second-order valence-electron chi connectivity index (χ2n) is 3.78. The molecule has 0 atom stereocenters. The van der Waals surface area contributed by atoms with Crippen molar-refractivity contribution in [3.8, 4) is 11.6 Å². The van der Waals surface area contributed by atoms with Crippen LogP contribution in [-0.4, -0.2) is 19.5 Å². The van der Waals surface area contributed by atoms with Crippen molar-refractivity contribution in [3.63, 3.8) is 0 Å². The quantitative estimate of drug-likeness (QED) is 0.635. The van der Waals surface area contributed by atoms with Crippen LogP contribution in [0, 0.1) is 6.92 Å². The standard InChI is InChI=1S/C11H9ClN4S/c1-6-5-7-8(12)14-9(15-11(7)17-6)10-13-3-4-16(10)2/h3-5H,1-2H3. The van der Waals surface area contributed by atoms with Crippen molar-refractivity contribution in [1.82, 2.24) is 19.5 Å². The number of aryl methyl sites for hydroxylation is 2. The minimum Gasteiger partial charge on any atom is -0.331 e. The van der Waals surface area contributed by atoms with Gasteiger partial charge in [0, 0.05) is 29.7 Å². The molecule has 0 fully saturated rings. The summed E-state index contributed by atoms with van der Waals surface area (Å²) in [5.74, 6) is 1.29. The van der Waals surface area contributed by atoms with E-state index >= 15 is 0 Å². The van der Waals surface area contributed by atoms with Crippen molar-refractivity contribution >= 4 is 33.2 Å². The zero-order valence-corrected chi connectivity index (χ0v) is 10.9. The lowest BCUT2D eigenvalue weighted by atomic mass is 10.4. The number of imidazole rings is 1. The molecule has 0 bridgehead atoms. The normalized spacial score (nSPS) is 11.2. The summed E-state index contributed by atoms with van der Waals surface area (Å²) in [6, 6.07) is 2.00. The van der Waals surface area contributed by atoms with Crippen LogP contribution in [0.4, 0.5) is 0 Å². The molecule has 0 amide bonds. The average Bonchev–Trinajstić information content (AvgIpc) is 2.83. The van der Waals surface area contributed by atoms with Gasteiger partial charge in [-0.3, -0.25) is 0 Å². The number of hydrogen-bond acceptors (Lipinski definition) is 4. The molecule has 3 aromatic rings. The Hall–Kier alpha value is -1.46. The fourth-order valence-electron chi connectivity index (χ4n) is 1.69. The van der Waals surface area contributed by atoms with Gasteiger partial charge in [0.25, 0.3) is 0 Å². The fourth-order valence-corrected chi connectivity index (χ4v) is 2.85. The molecule has 0 saturated carbocycles. The van der Waals surface area contributed by atoms with E-state index in [4.69, 9.17) is 11.6 Å². The van der Waals surface area contributed by atoms with Crippen molar-refractivity contribution in [3.05, 3.63) is 28.5 Å². The Morgan fingerprint density at radius 1 is 1.35 bits per heavy atom. The Labute approximate surface area is 107 Å². The summed E-state index contributed by atoms with van der Waals surface area (Å²) in [7, 11) is 1.91. The van der Waals surface area contributed by atoms with E-state index < -0.39 is 0 Å². The molecule has 3 rings (SSSR count). The van der Waals surface area contributed by atoms with Crippen molar-refractivity contribution in [2.45, 2.75) is 6.92 Å². The lowest BCUT2D eigenvalue weighted by molar-refractivity contribution is 0.909. The van der Waals surface area contributed by atoms with E-state index in [2.05, 4.69) is 15.0 Å². The molecule has 0 spiro atoms. The SMILES string of the molecule is Cc1cc2c(Cl)nc(-c3nccn3C)nc2s1. The third-order valence-corrected chi connectivity index (χ3v) is 3.72. The van der Waals surface area contributed by atoms with Crippen LogP contribution < -0.4 is 0 Å². The monoisotopic (exact) mass is 264 g/mol. The topological polar surface area (TPSA) is 43.6 Å². The molecular formula is C11H9ClN4S. The molecule has 86 valence electrons. The zero-order valence-electron chi connectivity index (χ0n) is 9.31. The Morgan fingerprint density at radius 2 is 2.18 bits per heavy atom. The van der Waals surface area contributed by atoms with Crippen molar-refractivity contribution in [2.24, 2.45) is 7.05 Å². The number of rotatable bonds is 1. The molecule has 4 nitrogen and oxygen atoms in total. The van der Waals surface area contributed by atoms with Gasteiger partial charge in [-0.25, -0.2) is 15.0 Å². The highest BCUT2D eigenvalue weighted by atomic mass is 35.5. The minimum absolute atomic E-state index is 0.484. The van der Waals surface area contributed by atoms with E-state index in [1.807, 2.05) is 30.8 Å². The molecule has 0 unspecified atom stereocenters. The zero-order chi connectivity index (χ0) is 12.0. The first-order valence-corrected chi connectivity index (χ1v) is 6.26. The predicted octanol–water partition coefficient (Wildman–Crippen LogP) is 3.05. The first-order valence-electron chi connectivity index (χ1n) is 5.06. The number of fused-ring (bicyclic) bond motifs is 1. The van der Waals surface area contributed by atoms with Crippen LogP contribution >= 0.6 is 22.9 Å². The summed E-state index contributed by atoms with van der Waals surface area (Å²) in [5.41, 5.74) is 0. The summed E-state index contributed by atoms with van der Waals surface area (Å²) >= 11 is 7.77. The van der Waals surface area contributed by atoms with Gasteiger partial charge in [-0.05, 0) is 13.0 Å². The van der Waals surface area contributed by atoms with Crippen LogP contribution in [0.3, 0.4) is 0 Å². The van der Waals surface area contributed by atoms with E-state index in [1.165, 1.54) is 4.88 Å². The highest BCUT2D eigenvalue weighted by Gasteiger charge is 2.12. The summed E-state index contributed by atoms with van der Waals surface area (Å²) in [6.45, 7) is 2.03. The molecule has 0 saturated heterocycles. The largest absolute Gasteiger partial charge is 0.331 e. The maximum Gasteiger partial charge on any atom is 0.198 e. The van der Waals surface area contributed by atoms with Gasteiger partial charge < -0.3 is 4.57 Å². The molecule has 0 aliphatic carbocycles. The molecule has 0 aromatic carbocycles. The second-order valence-corrected chi connectivity index (χ2v) is 5.37. The van der Waals surface area contributed by atoms with Gasteiger partial charge in [0.2, 0.25) is 0 Å². The van der Waals surface area contributed by atoms with Crippen molar-refractivity contribution in [1.29, 1.82) is 0 Å². The van der Waals surface area contributed by atoms with Gasteiger partial charge in [-0.2, -0.15) is 0 Å². The second kappa shape index (κ2) is 3.78. The Bertz CT molecular complexity index is 701. The Morgan fingerprint density at radius 3 is 2.88 bits per heavy atom. The number of thiophene rings is 1. The Balaban J connectivity index is 2.28. The van der Waals surface area contributed by atoms with E-state index in [0.717, 1.165) is 16.0 Å². The molecular weight excluding hydrogens is 256 g/mol. The number of aromatic nitrogens is 4. The van der Waals surface area contributed by atoms with E-state index in [0.29, 0.717) is 11.0 Å². The third-order valence-electron chi connectivity index (χ3n) is 2.49. The van der Waals surface area contributed by atoms with E-state index in [9.17, 15) is 0 Å². The van der Waals surface area contributed by atoms with Crippen LogP contribution in [0.1, 0.15) is 4.88 Å². The smallest absolute Gasteiger partial charge is 0.198 e. The molecule has 0 radical (unpaired) electrons. The summed E-state index contributed by atoms with van der Waals surface area (Å²) in [4.78, 5) is 15.1. The lowest BCUT2D eigenvalue weighted by Gasteiger charge is -2.01. The molecule has 0 N–H and O–H groups in total. The van der Waals surface area contributed by atoms with Gasteiger partial charge in [-0.15, -0.1) is 11.3 Å². The number of halogens is 1. The summed E-state index contributed by atoms with van der Waals surface area (Å²) in [6.07, 6.45) is 3.58. The van der Waals surface area contributed by atoms with Gasteiger partial charge in [-0.1, -0.05) is 11.6 Å². The highest BCUT2D eigenvalue weighted by Crippen LogP contribution is 2.30. The fraction of sp³-hybridized carbons (Fsp3) is 0.182. The third kappa shape index (κ3) is 1.71. The van der Waals surface area contributed by atoms with Crippen molar-refractivity contribution < 1.29 is 0 Å². The first-order chi connectivity index (χ1) is 8.15. The lowest BCUT2D eigenvalue weighted by Crippen LogP contribution is -1.97. The minimum atomic E-state index is 0.484. The molecule has 3 aromatic heterocycles. The van der Waals surface area contributed by atoms with Gasteiger partial charge in [0.05, 0.1) is 0 Å². The van der Waals surface area contributed by atoms with Crippen LogP contribution in [-0.2, 0) is 7.05 Å². The van der Waals surface area contributed by atoms with Gasteiger partial charge in [0.1, 0.15) is 9.98 Å². The average molecular weight is 265 g/mol. The van der Waals surface area contributed by atoms with Crippen LogP contribution in [0.15, 0.2) is 18.5 Å². The van der Waals surface area contributed by atoms with Crippen LogP contribution in [0.5, 0.6) is 0 Å². The predicted molar refractivity (Wildman–Crippen MR) is 69.4 cm³/mol. The first kappa shape index (κ1) is 10.7. The molecule has 17 heavy (non-hydrogen) atoms. The highest BCUT2D eigenvalue weighted by molar-refractivity contribution is 7.18. The molecule has 0 aliphatic heterocycles. The van der Waals surface area contributed by atoms with Crippen LogP contribution in [0.2, 0.25) is 5.15 Å². The van der Waals surface area contributed by atoms with E-state index in [1.54, 1.807) is 17.5 Å². The maximum absolute atomic E-state index is 6.16. The number of hydrogen-bond donors (Lipinski definition) is 0. The van der Waals surface area contributed by atoms with Gasteiger partial charge in [0.15, 0.2) is 11.6 Å². The molecule has 6 heteroatoms.